The van der Waals surface area contributed by atoms with Crippen molar-refractivity contribution in [1.29, 1.82) is 0 Å². The molecule has 1 saturated carbocycles. The first-order valence-corrected chi connectivity index (χ1v) is 8.30. The van der Waals surface area contributed by atoms with Gasteiger partial charge >= 0.3 is 5.97 Å². The maximum absolute atomic E-state index is 12.3. The van der Waals surface area contributed by atoms with Gasteiger partial charge in [0, 0.05) is 25.7 Å². The number of hydrogen-bond donors (Lipinski definition) is 1. The van der Waals surface area contributed by atoms with E-state index in [1.807, 2.05) is 0 Å². The van der Waals surface area contributed by atoms with Gasteiger partial charge in [0.2, 0.25) is 0 Å². The molecular formula is C16H30N2O3. The van der Waals surface area contributed by atoms with Gasteiger partial charge in [0.15, 0.2) is 0 Å². The first-order chi connectivity index (χ1) is 10.1. The van der Waals surface area contributed by atoms with Crippen LogP contribution in [0.25, 0.3) is 0 Å². The van der Waals surface area contributed by atoms with Crippen LogP contribution >= 0.6 is 0 Å². The van der Waals surface area contributed by atoms with Crippen molar-refractivity contribution < 1.29 is 14.3 Å². The van der Waals surface area contributed by atoms with Crippen molar-refractivity contribution in [1.82, 2.24) is 10.2 Å². The van der Waals surface area contributed by atoms with Gasteiger partial charge in [-0.3, -0.25) is 9.69 Å². The molecule has 21 heavy (non-hydrogen) atoms. The maximum atomic E-state index is 12.3. The highest BCUT2D eigenvalue weighted by Gasteiger charge is 2.44. The summed E-state index contributed by atoms with van der Waals surface area (Å²) in [5.41, 5.74) is -0.497. The van der Waals surface area contributed by atoms with Crippen molar-refractivity contribution >= 4 is 5.97 Å². The molecule has 122 valence electrons. The van der Waals surface area contributed by atoms with Gasteiger partial charge in [-0.15, -0.1) is 0 Å². The molecule has 1 heterocycles. The van der Waals surface area contributed by atoms with Gasteiger partial charge in [-0.1, -0.05) is 6.92 Å². The Morgan fingerprint density at radius 3 is 3.00 bits per heavy atom. The molecule has 0 radical (unpaired) electrons. The molecule has 2 aliphatic rings. The number of ether oxygens (including phenoxy) is 2. The molecule has 0 bridgehead atoms. The van der Waals surface area contributed by atoms with Crippen LogP contribution in [-0.4, -0.2) is 61.9 Å². The molecule has 5 heteroatoms. The minimum absolute atomic E-state index is 0.104. The molecule has 0 spiro atoms. The van der Waals surface area contributed by atoms with Crippen molar-refractivity contribution in [2.75, 3.05) is 33.4 Å². The SMILES string of the molecule is CCNC1(C(=O)OC)CCCC(N2CCCOC(C)C2)C1. The molecule has 0 aromatic heterocycles. The molecule has 1 N–H and O–H groups in total. The van der Waals surface area contributed by atoms with Crippen LogP contribution in [0.1, 0.15) is 46.0 Å². The average molecular weight is 298 g/mol. The fraction of sp³-hybridized carbons (Fsp3) is 0.938. The number of esters is 1. The molecule has 2 fully saturated rings. The molecule has 0 amide bonds. The van der Waals surface area contributed by atoms with E-state index < -0.39 is 5.54 Å². The summed E-state index contributed by atoms with van der Waals surface area (Å²) in [4.78, 5) is 14.8. The van der Waals surface area contributed by atoms with E-state index in [1.165, 1.54) is 7.11 Å². The van der Waals surface area contributed by atoms with E-state index in [0.717, 1.165) is 58.3 Å². The van der Waals surface area contributed by atoms with Gasteiger partial charge in [0.05, 0.1) is 13.2 Å². The molecule has 0 aromatic carbocycles. The lowest BCUT2D eigenvalue weighted by atomic mass is 9.78. The van der Waals surface area contributed by atoms with E-state index in [9.17, 15) is 4.79 Å². The van der Waals surface area contributed by atoms with Crippen molar-refractivity contribution in [3.63, 3.8) is 0 Å². The maximum Gasteiger partial charge on any atom is 0.326 e. The summed E-state index contributed by atoms with van der Waals surface area (Å²) in [5, 5.41) is 3.41. The predicted octanol–water partition coefficient (Wildman–Crippen LogP) is 1.56. The van der Waals surface area contributed by atoms with E-state index in [0.29, 0.717) is 6.04 Å². The average Bonchev–Trinajstić information content (AvgIpc) is 2.71. The van der Waals surface area contributed by atoms with Crippen molar-refractivity contribution in [3.05, 3.63) is 0 Å². The third-order valence-corrected chi connectivity index (χ3v) is 4.82. The predicted molar refractivity (Wildman–Crippen MR) is 82.3 cm³/mol. The Morgan fingerprint density at radius 2 is 2.29 bits per heavy atom. The Kier molecular flexibility index (Phi) is 6.02. The fourth-order valence-corrected chi connectivity index (χ4v) is 3.87. The van der Waals surface area contributed by atoms with Crippen molar-refractivity contribution in [2.24, 2.45) is 0 Å². The first kappa shape index (κ1) is 16.7. The second-order valence-corrected chi connectivity index (χ2v) is 6.38. The lowest BCUT2D eigenvalue weighted by Gasteiger charge is -2.43. The van der Waals surface area contributed by atoms with Crippen molar-refractivity contribution in [2.45, 2.75) is 63.6 Å². The molecule has 0 aromatic rings. The molecule has 1 aliphatic carbocycles. The summed E-state index contributed by atoms with van der Waals surface area (Å²) in [6, 6.07) is 0.445. The lowest BCUT2D eigenvalue weighted by Crippen LogP contribution is -2.59. The van der Waals surface area contributed by atoms with Gasteiger partial charge in [-0.2, -0.15) is 0 Å². The number of nitrogens with one attached hydrogen (secondary N) is 1. The highest BCUT2D eigenvalue weighted by Crippen LogP contribution is 2.33. The normalized spacial score (nSPS) is 35.2. The molecule has 2 rings (SSSR count). The van der Waals surface area contributed by atoms with Gasteiger partial charge in [-0.05, 0) is 45.6 Å². The largest absolute Gasteiger partial charge is 0.468 e. The van der Waals surface area contributed by atoms with Crippen LogP contribution in [0.5, 0.6) is 0 Å². The Morgan fingerprint density at radius 1 is 1.48 bits per heavy atom. The number of methoxy groups -OCH3 is 1. The number of carbonyl (C=O) groups is 1. The highest BCUT2D eigenvalue weighted by molar-refractivity contribution is 5.81. The summed E-state index contributed by atoms with van der Waals surface area (Å²) in [5.74, 6) is -0.104. The zero-order valence-corrected chi connectivity index (χ0v) is 13.7. The standard InChI is InChI=1S/C16H30N2O3/c1-4-17-16(15(19)20-3)8-5-7-14(11-16)18-9-6-10-21-13(2)12-18/h13-14,17H,4-12H2,1-3H3. The zero-order valence-electron chi connectivity index (χ0n) is 13.7. The van der Waals surface area contributed by atoms with Gasteiger partial charge in [-0.25, -0.2) is 0 Å². The number of nitrogens with zero attached hydrogens (tertiary/aromatic N) is 1. The van der Waals surface area contributed by atoms with Crippen molar-refractivity contribution in [3.8, 4) is 0 Å². The smallest absolute Gasteiger partial charge is 0.326 e. The fourth-order valence-electron chi connectivity index (χ4n) is 3.87. The van der Waals surface area contributed by atoms with E-state index in [4.69, 9.17) is 9.47 Å². The van der Waals surface area contributed by atoms with E-state index >= 15 is 0 Å². The Bertz CT molecular complexity index is 346. The minimum atomic E-state index is -0.497. The monoisotopic (exact) mass is 298 g/mol. The second kappa shape index (κ2) is 7.56. The highest BCUT2D eigenvalue weighted by atomic mass is 16.5. The summed E-state index contributed by atoms with van der Waals surface area (Å²) in [7, 11) is 1.49. The van der Waals surface area contributed by atoms with Gasteiger partial charge in [0.1, 0.15) is 5.54 Å². The van der Waals surface area contributed by atoms with Crippen LogP contribution in [0.4, 0.5) is 0 Å². The molecule has 3 unspecified atom stereocenters. The Labute approximate surface area is 128 Å². The second-order valence-electron chi connectivity index (χ2n) is 6.38. The van der Waals surface area contributed by atoms with Crippen LogP contribution in [-0.2, 0) is 14.3 Å². The minimum Gasteiger partial charge on any atom is -0.468 e. The van der Waals surface area contributed by atoms with Crippen LogP contribution < -0.4 is 5.32 Å². The Hall–Kier alpha value is -0.650. The Balaban J connectivity index is 2.08. The molecule has 5 nitrogen and oxygen atoms in total. The first-order valence-electron chi connectivity index (χ1n) is 8.30. The lowest BCUT2D eigenvalue weighted by molar-refractivity contribution is -0.151. The number of hydrogen-bond acceptors (Lipinski definition) is 5. The van der Waals surface area contributed by atoms with E-state index in [-0.39, 0.29) is 12.1 Å². The quantitative estimate of drug-likeness (QED) is 0.798. The number of carbonyl (C=O) groups excluding carboxylic acids is 1. The number of likely N-dealkylation sites (N-methyl/N-ethyl adjacent to an activating group) is 1. The van der Waals surface area contributed by atoms with Crippen LogP contribution in [0.15, 0.2) is 0 Å². The topological polar surface area (TPSA) is 50.8 Å². The summed E-state index contributed by atoms with van der Waals surface area (Å²) in [6.45, 7) is 7.86. The van der Waals surface area contributed by atoms with E-state index in [1.54, 1.807) is 0 Å². The number of rotatable bonds is 4. The van der Waals surface area contributed by atoms with Crippen LogP contribution in [0.3, 0.4) is 0 Å². The third kappa shape index (κ3) is 3.96. The summed E-state index contributed by atoms with van der Waals surface area (Å²) >= 11 is 0. The van der Waals surface area contributed by atoms with Crippen LogP contribution in [0.2, 0.25) is 0 Å². The molecule has 1 aliphatic heterocycles. The van der Waals surface area contributed by atoms with Crippen LogP contribution in [0, 0.1) is 0 Å². The zero-order chi connectivity index (χ0) is 15.3. The summed E-state index contributed by atoms with van der Waals surface area (Å²) < 4.78 is 10.8. The summed E-state index contributed by atoms with van der Waals surface area (Å²) in [6.07, 6.45) is 5.31. The third-order valence-electron chi connectivity index (χ3n) is 4.82. The van der Waals surface area contributed by atoms with Gasteiger partial charge in [0.25, 0.3) is 0 Å². The van der Waals surface area contributed by atoms with E-state index in [2.05, 4.69) is 24.1 Å². The molecular weight excluding hydrogens is 268 g/mol. The molecule has 1 saturated heterocycles. The molecule has 3 atom stereocenters. The van der Waals surface area contributed by atoms with Gasteiger partial charge < -0.3 is 14.8 Å².